The van der Waals surface area contributed by atoms with E-state index in [2.05, 4.69) is 13.8 Å². The van der Waals surface area contributed by atoms with Gasteiger partial charge in [0, 0.05) is 6.61 Å². The van der Waals surface area contributed by atoms with Crippen molar-refractivity contribution in [3.8, 4) is 0 Å². The first-order valence-corrected chi connectivity index (χ1v) is 5.16. The molecule has 14 heavy (non-hydrogen) atoms. The molecule has 88 valence electrons. The van der Waals surface area contributed by atoms with Crippen LogP contribution in [0.2, 0.25) is 0 Å². The summed E-state index contributed by atoms with van der Waals surface area (Å²) >= 11 is 0. The summed E-state index contributed by atoms with van der Waals surface area (Å²) in [6, 6.07) is 0. The van der Waals surface area contributed by atoms with E-state index in [0.29, 0.717) is 12.5 Å². The van der Waals surface area contributed by atoms with Crippen molar-refractivity contribution in [3.63, 3.8) is 0 Å². The van der Waals surface area contributed by atoms with Gasteiger partial charge in [0.05, 0.1) is 26.4 Å². The second-order valence-electron chi connectivity index (χ2n) is 2.93. The molecule has 4 heteroatoms. The third kappa shape index (κ3) is 14.4. The largest absolute Gasteiger partial charge is 0.394 e. The summed E-state index contributed by atoms with van der Waals surface area (Å²) in [4.78, 5) is 0. The van der Waals surface area contributed by atoms with Crippen molar-refractivity contribution in [2.75, 3.05) is 33.0 Å². The lowest BCUT2D eigenvalue weighted by Gasteiger charge is -2.11. The second kappa shape index (κ2) is 15.3. The Morgan fingerprint density at radius 1 is 0.929 bits per heavy atom. The minimum Gasteiger partial charge on any atom is -0.394 e. The number of hydrogen-bond donors (Lipinski definition) is 3. The predicted molar refractivity (Wildman–Crippen MR) is 56.1 cm³/mol. The van der Waals surface area contributed by atoms with E-state index in [4.69, 9.17) is 20.1 Å². The molecule has 0 bridgehead atoms. The predicted octanol–water partition coefficient (Wildman–Crippen LogP) is 0.402. The molecular formula is C10H24O4. The van der Waals surface area contributed by atoms with E-state index in [1.165, 1.54) is 12.8 Å². The van der Waals surface area contributed by atoms with Gasteiger partial charge in [-0.15, -0.1) is 0 Å². The molecule has 0 rings (SSSR count). The maximum absolute atomic E-state index is 8.40. The Balaban J connectivity index is 0. The van der Waals surface area contributed by atoms with Crippen molar-refractivity contribution in [1.82, 2.24) is 0 Å². The zero-order valence-electron chi connectivity index (χ0n) is 9.28. The lowest BCUT2D eigenvalue weighted by Crippen LogP contribution is -2.09. The molecule has 0 spiro atoms. The molecule has 0 radical (unpaired) electrons. The fourth-order valence-electron chi connectivity index (χ4n) is 0.839. The van der Waals surface area contributed by atoms with Crippen molar-refractivity contribution in [1.29, 1.82) is 0 Å². The molecular weight excluding hydrogens is 184 g/mol. The molecule has 3 N–H and O–H groups in total. The Hall–Kier alpha value is -0.160. The minimum atomic E-state index is -0.125. The van der Waals surface area contributed by atoms with E-state index in [1.54, 1.807) is 0 Å². The summed E-state index contributed by atoms with van der Waals surface area (Å²) in [5.41, 5.74) is 0. The van der Waals surface area contributed by atoms with E-state index >= 15 is 0 Å². The summed E-state index contributed by atoms with van der Waals surface area (Å²) in [6.45, 7) is 5.50. The third-order valence-corrected chi connectivity index (χ3v) is 1.84. The Morgan fingerprint density at radius 3 is 1.71 bits per heavy atom. The van der Waals surface area contributed by atoms with Crippen molar-refractivity contribution in [2.45, 2.75) is 26.7 Å². The van der Waals surface area contributed by atoms with Crippen molar-refractivity contribution >= 4 is 0 Å². The van der Waals surface area contributed by atoms with Gasteiger partial charge >= 0.3 is 0 Å². The molecule has 0 aliphatic carbocycles. The zero-order chi connectivity index (χ0) is 11.2. The molecule has 0 saturated carbocycles. The van der Waals surface area contributed by atoms with E-state index in [-0.39, 0.29) is 19.8 Å². The molecule has 0 aromatic carbocycles. The highest BCUT2D eigenvalue weighted by Crippen LogP contribution is 2.06. The van der Waals surface area contributed by atoms with E-state index < -0.39 is 0 Å². The summed E-state index contributed by atoms with van der Waals surface area (Å²) in [6.07, 6.45) is 2.34. The van der Waals surface area contributed by atoms with Crippen LogP contribution in [0, 0.1) is 5.92 Å². The van der Waals surface area contributed by atoms with Crippen LogP contribution in [0.3, 0.4) is 0 Å². The lowest BCUT2D eigenvalue weighted by molar-refractivity contribution is 0.0658. The van der Waals surface area contributed by atoms with Crippen LogP contribution in [0.25, 0.3) is 0 Å². The molecule has 0 aromatic heterocycles. The number of rotatable bonds is 7. The normalized spacial score (nSPS) is 9.86. The minimum absolute atomic E-state index is 0.125. The molecule has 0 fully saturated rings. The Bertz CT molecular complexity index is 82.2. The SMILES string of the molecule is CCC(CC)COCCO.OCCO. The average Bonchev–Trinajstić information content (AvgIpc) is 2.25. The summed E-state index contributed by atoms with van der Waals surface area (Å²) in [5.74, 6) is 0.673. The maximum Gasteiger partial charge on any atom is 0.0697 e. The standard InChI is InChI=1S/C8H18O2.C2H6O2/c1-3-8(4-2)7-10-6-5-9;3-1-2-4/h8-9H,3-7H2,1-2H3;3-4H,1-2H2. The third-order valence-electron chi connectivity index (χ3n) is 1.84. The van der Waals surface area contributed by atoms with Crippen molar-refractivity contribution < 1.29 is 20.1 Å². The van der Waals surface area contributed by atoms with E-state index in [9.17, 15) is 0 Å². The topological polar surface area (TPSA) is 69.9 Å². The first-order valence-electron chi connectivity index (χ1n) is 5.16. The fraction of sp³-hybridized carbons (Fsp3) is 1.00. The fourth-order valence-corrected chi connectivity index (χ4v) is 0.839. The van der Waals surface area contributed by atoms with Crippen LogP contribution in [0.15, 0.2) is 0 Å². The van der Waals surface area contributed by atoms with Gasteiger partial charge in [-0.25, -0.2) is 0 Å². The quantitative estimate of drug-likeness (QED) is 0.530. The molecule has 0 amide bonds. The van der Waals surface area contributed by atoms with Gasteiger partial charge < -0.3 is 20.1 Å². The Kier molecular flexibility index (Phi) is 17.8. The maximum atomic E-state index is 8.40. The molecule has 0 saturated heterocycles. The van der Waals surface area contributed by atoms with Gasteiger partial charge in [0.15, 0.2) is 0 Å². The van der Waals surface area contributed by atoms with Crippen LogP contribution < -0.4 is 0 Å². The number of aliphatic hydroxyl groups excluding tert-OH is 3. The first-order chi connectivity index (χ1) is 6.76. The van der Waals surface area contributed by atoms with Crippen LogP contribution in [0.5, 0.6) is 0 Å². The molecule has 4 nitrogen and oxygen atoms in total. The van der Waals surface area contributed by atoms with Crippen molar-refractivity contribution in [3.05, 3.63) is 0 Å². The Morgan fingerprint density at radius 2 is 1.43 bits per heavy atom. The van der Waals surface area contributed by atoms with Gasteiger partial charge in [0.25, 0.3) is 0 Å². The summed E-state index contributed by atoms with van der Waals surface area (Å²) in [5, 5.41) is 23.6. The first kappa shape index (κ1) is 16.3. The summed E-state index contributed by atoms with van der Waals surface area (Å²) in [7, 11) is 0. The smallest absolute Gasteiger partial charge is 0.0697 e. The highest BCUT2D eigenvalue weighted by Gasteiger charge is 2.01. The van der Waals surface area contributed by atoms with Crippen LogP contribution in [-0.2, 0) is 4.74 Å². The molecule has 0 aliphatic rings. The monoisotopic (exact) mass is 208 g/mol. The van der Waals surface area contributed by atoms with Crippen LogP contribution in [0.4, 0.5) is 0 Å². The van der Waals surface area contributed by atoms with Gasteiger partial charge in [0.1, 0.15) is 0 Å². The molecule has 0 heterocycles. The van der Waals surface area contributed by atoms with E-state index in [0.717, 1.165) is 6.61 Å². The molecule has 0 aliphatic heterocycles. The number of hydrogen-bond acceptors (Lipinski definition) is 4. The molecule has 0 aromatic rings. The highest BCUT2D eigenvalue weighted by atomic mass is 16.5. The highest BCUT2D eigenvalue weighted by molar-refractivity contribution is 4.51. The van der Waals surface area contributed by atoms with Crippen LogP contribution in [0.1, 0.15) is 26.7 Å². The van der Waals surface area contributed by atoms with Crippen LogP contribution in [-0.4, -0.2) is 48.4 Å². The van der Waals surface area contributed by atoms with Gasteiger partial charge in [-0.2, -0.15) is 0 Å². The van der Waals surface area contributed by atoms with Gasteiger partial charge in [-0.05, 0) is 5.92 Å². The van der Waals surface area contributed by atoms with Gasteiger partial charge in [0.2, 0.25) is 0 Å². The van der Waals surface area contributed by atoms with Crippen molar-refractivity contribution in [2.24, 2.45) is 5.92 Å². The Labute approximate surface area is 86.5 Å². The van der Waals surface area contributed by atoms with E-state index in [1.807, 2.05) is 0 Å². The second-order valence-corrected chi connectivity index (χ2v) is 2.93. The summed E-state index contributed by atoms with van der Waals surface area (Å²) < 4.78 is 5.18. The number of ether oxygens (including phenoxy) is 1. The molecule has 0 unspecified atom stereocenters. The van der Waals surface area contributed by atoms with Gasteiger partial charge in [-0.3, -0.25) is 0 Å². The van der Waals surface area contributed by atoms with Gasteiger partial charge in [-0.1, -0.05) is 26.7 Å². The average molecular weight is 208 g/mol. The van der Waals surface area contributed by atoms with Crippen LogP contribution >= 0.6 is 0 Å². The lowest BCUT2D eigenvalue weighted by atomic mass is 10.1. The number of aliphatic hydroxyl groups is 3. The zero-order valence-corrected chi connectivity index (χ0v) is 9.28. The molecule has 0 atom stereocenters.